The molecular formula is C18H19N5O4S. The van der Waals surface area contributed by atoms with E-state index >= 15 is 0 Å². The van der Waals surface area contributed by atoms with Crippen molar-refractivity contribution in [1.29, 1.82) is 0 Å². The lowest BCUT2D eigenvalue weighted by Gasteiger charge is -2.25. The Balaban J connectivity index is 1.33. The molecular weight excluding hydrogens is 382 g/mol. The van der Waals surface area contributed by atoms with Gasteiger partial charge in [0.1, 0.15) is 0 Å². The average molecular weight is 401 g/mol. The molecule has 9 nitrogen and oxygen atoms in total. The monoisotopic (exact) mass is 401 g/mol. The molecule has 0 spiro atoms. The van der Waals surface area contributed by atoms with Crippen LogP contribution in [0.4, 0.5) is 16.5 Å². The van der Waals surface area contributed by atoms with E-state index in [0.29, 0.717) is 23.9 Å². The third-order valence-corrected chi connectivity index (χ3v) is 5.69. The van der Waals surface area contributed by atoms with E-state index in [1.165, 1.54) is 29.5 Å². The van der Waals surface area contributed by atoms with Crippen LogP contribution in [0.2, 0.25) is 0 Å². The molecule has 146 valence electrons. The molecule has 0 radical (unpaired) electrons. The molecule has 2 aromatic rings. The molecule has 0 atom stereocenters. The minimum absolute atomic E-state index is 0.0410. The summed E-state index contributed by atoms with van der Waals surface area (Å²) in [5.41, 5.74) is 1.32. The molecule has 1 fully saturated rings. The van der Waals surface area contributed by atoms with Crippen LogP contribution >= 0.6 is 11.3 Å². The maximum Gasteiger partial charge on any atom is 0.271 e. The second-order valence-corrected chi connectivity index (χ2v) is 8.05. The number of aromatic nitrogens is 1. The summed E-state index contributed by atoms with van der Waals surface area (Å²) >= 11 is 1.46. The lowest BCUT2D eigenvalue weighted by atomic mass is 10.2. The standard InChI is InChI=1S/C18H19N5O4S/c24-16(19-12-2-1-3-13(8-12)23(26)27)10-22-7-6-14-15(9-22)28-18(20-14)21-17(25)11-4-5-11/h1-3,8,11H,4-7,9-10H2,(H,19,24)(H,20,21,25). The minimum atomic E-state index is -0.495. The number of carbonyl (C=O) groups is 2. The van der Waals surface area contributed by atoms with Gasteiger partial charge in [-0.1, -0.05) is 6.07 Å². The molecule has 2 N–H and O–H groups in total. The van der Waals surface area contributed by atoms with Crippen molar-refractivity contribution in [2.75, 3.05) is 23.7 Å². The number of anilines is 2. The minimum Gasteiger partial charge on any atom is -0.325 e. The average Bonchev–Trinajstić information content (AvgIpc) is 3.43. The molecule has 2 heterocycles. The van der Waals surface area contributed by atoms with Gasteiger partial charge in [-0.3, -0.25) is 24.6 Å². The van der Waals surface area contributed by atoms with Crippen LogP contribution in [0.3, 0.4) is 0 Å². The van der Waals surface area contributed by atoms with Gasteiger partial charge < -0.3 is 10.6 Å². The van der Waals surface area contributed by atoms with Crippen LogP contribution in [0, 0.1) is 16.0 Å². The molecule has 28 heavy (non-hydrogen) atoms. The maximum atomic E-state index is 12.3. The zero-order valence-electron chi connectivity index (χ0n) is 15.0. The zero-order chi connectivity index (χ0) is 19.7. The number of nitro benzene ring substituents is 1. The second kappa shape index (κ2) is 7.64. The van der Waals surface area contributed by atoms with E-state index in [1.807, 2.05) is 4.90 Å². The van der Waals surface area contributed by atoms with Crippen LogP contribution in [0.1, 0.15) is 23.4 Å². The van der Waals surface area contributed by atoms with Gasteiger partial charge in [0.25, 0.3) is 5.69 Å². The number of amides is 2. The van der Waals surface area contributed by atoms with Crippen molar-refractivity contribution >= 4 is 39.7 Å². The van der Waals surface area contributed by atoms with Crippen LogP contribution in [0.15, 0.2) is 24.3 Å². The Bertz CT molecular complexity index is 940. The van der Waals surface area contributed by atoms with Crippen LogP contribution in [-0.2, 0) is 22.6 Å². The number of nitrogens with one attached hydrogen (secondary N) is 2. The maximum absolute atomic E-state index is 12.3. The number of hydrogen-bond acceptors (Lipinski definition) is 7. The first-order chi connectivity index (χ1) is 13.5. The Kier molecular flexibility index (Phi) is 5.05. The van der Waals surface area contributed by atoms with E-state index in [1.54, 1.807) is 6.07 Å². The summed E-state index contributed by atoms with van der Waals surface area (Å²) in [5, 5.41) is 17.0. The van der Waals surface area contributed by atoms with Crippen molar-refractivity contribution < 1.29 is 14.5 Å². The lowest BCUT2D eigenvalue weighted by molar-refractivity contribution is -0.384. The largest absolute Gasteiger partial charge is 0.325 e. The van der Waals surface area contributed by atoms with Crippen molar-refractivity contribution in [2.45, 2.75) is 25.8 Å². The van der Waals surface area contributed by atoms with Crippen molar-refractivity contribution in [1.82, 2.24) is 9.88 Å². The fourth-order valence-electron chi connectivity index (χ4n) is 3.09. The molecule has 0 bridgehead atoms. The predicted octanol–water partition coefficient (Wildman–Crippen LogP) is 2.40. The molecule has 1 aliphatic carbocycles. The molecule has 10 heteroatoms. The first kappa shape index (κ1) is 18.5. The smallest absolute Gasteiger partial charge is 0.271 e. The van der Waals surface area contributed by atoms with Crippen LogP contribution in [0.5, 0.6) is 0 Å². The van der Waals surface area contributed by atoms with Gasteiger partial charge in [0, 0.05) is 48.1 Å². The van der Waals surface area contributed by atoms with Crippen LogP contribution in [0.25, 0.3) is 0 Å². The van der Waals surface area contributed by atoms with Gasteiger partial charge in [0.2, 0.25) is 11.8 Å². The Hall–Kier alpha value is -2.85. The van der Waals surface area contributed by atoms with E-state index in [2.05, 4.69) is 15.6 Å². The lowest BCUT2D eigenvalue weighted by Crippen LogP contribution is -2.36. The molecule has 1 aromatic heterocycles. The number of rotatable bonds is 6. The Morgan fingerprint density at radius 3 is 2.89 bits per heavy atom. The van der Waals surface area contributed by atoms with E-state index in [9.17, 15) is 19.7 Å². The quantitative estimate of drug-likeness (QED) is 0.567. The highest BCUT2D eigenvalue weighted by Crippen LogP contribution is 2.33. The summed E-state index contributed by atoms with van der Waals surface area (Å²) in [6.07, 6.45) is 2.62. The molecule has 1 aliphatic heterocycles. The molecule has 1 saturated carbocycles. The van der Waals surface area contributed by atoms with Crippen LogP contribution in [-0.4, -0.2) is 39.7 Å². The van der Waals surface area contributed by atoms with Gasteiger partial charge in [0.15, 0.2) is 5.13 Å². The Morgan fingerprint density at radius 1 is 1.32 bits per heavy atom. The third kappa shape index (κ3) is 4.34. The summed E-state index contributed by atoms with van der Waals surface area (Å²) in [4.78, 5) is 42.1. The second-order valence-electron chi connectivity index (χ2n) is 6.97. The third-order valence-electron chi connectivity index (χ3n) is 4.70. The van der Waals surface area contributed by atoms with Crippen molar-refractivity contribution in [2.24, 2.45) is 5.92 Å². The van der Waals surface area contributed by atoms with Gasteiger partial charge in [-0.2, -0.15) is 0 Å². The Morgan fingerprint density at radius 2 is 2.14 bits per heavy atom. The van der Waals surface area contributed by atoms with Gasteiger partial charge >= 0.3 is 0 Å². The van der Waals surface area contributed by atoms with Gasteiger partial charge in [-0.15, -0.1) is 11.3 Å². The van der Waals surface area contributed by atoms with Gasteiger partial charge in [0.05, 0.1) is 17.2 Å². The number of nitrogens with zero attached hydrogens (tertiary/aromatic N) is 3. The highest BCUT2D eigenvalue weighted by Gasteiger charge is 2.31. The topological polar surface area (TPSA) is 117 Å². The number of benzene rings is 1. The molecule has 4 rings (SSSR count). The first-order valence-electron chi connectivity index (χ1n) is 9.04. The number of non-ortho nitro benzene ring substituents is 1. The summed E-state index contributed by atoms with van der Waals surface area (Å²) < 4.78 is 0. The summed E-state index contributed by atoms with van der Waals surface area (Å²) in [6, 6.07) is 5.88. The molecule has 0 saturated heterocycles. The Labute approximate surface area is 164 Å². The van der Waals surface area contributed by atoms with Crippen LogP contribution < -0.4 is 10.6 Å². The number of thiazole rings is 1. The van der Waals surface area contributed by atoms with E-state index in [4.69, 9.17) is 0 Å². The van der Waals surface area contributed by atoms with Crippen molar-refractivity contribution in [3.8, 4) is 0 Å². The van der Waals surface area contributed by atoms with E-state index in [-0.39, 0.29) is 30.0 Å². The van der Waals surface area contributed by atoms with E-state index < -0.39 is 4.92 Å². The van der Waals surface area contributed by atoms with E-state index in [0.717, 1.165) is 29.8 Å². The predicted molar refractivity (Wildman–Crippen MR) is 104 cm³/mol. The number of nitro groups is 1. The fourth-order valence-corrected chi connectivity index (χ4v) is 4.14. The molecule has 0 unspecified atom stereocenters. The zero-order valence-corrected chi connectivity index (χ0v) is 15.8. The highest BCUT2D eigenvalue weighted by atomic mass is 32.1. The summed E-state index contributed by atoms with van der Waals surface area (Å²) in [5.74, 6) is -0.0510. The molecule has 2 aliphatic rings. The summed E-state index contributed by atoms with van der Waals surface area (Å²) in [7, 11) is 0. The van der Waals surface area contributed by atoms with Gasteiger partial charge in [-0.25, -0.2) is 4.98 Å². The van der Waals surface area contributed by atoms with Gasteiger partial charge in [-0.05, 0) is 18.9 Å². The number of fused-ring (bicyclic) bond motifs is 1. The summed E-state index contributed by atoms with van der Waals surface area (Å²) in [6.45, 7) is 1.47. The van der Waals surface area contributed by atoms with Crippen molar-refractivity contribution in [3.05, 3.63) is 45.0 Å². The normalized spacial score (nSPS) is 16.3. The fraction of sp³-hybridized carbons (Fsp3) is 0.389. The molecule has 1 aromatic carbocycles. The number of hydrogen-bond donors (Lipinski definition) is 2. The molecule has 2 amide bonds. The highest BCUT2D eigenvalue weighted by molar-refractivity contribution is 7.15. The SMILES string of the molecule is O=C(CN1CCc2nc(NC(=O)C3CC3)sc2C1)Nc1cccc([N+](=O)[O-])c1. The number of carbonyl (C=O) groups excluding carboxylic acids is 2. The van der Waals surface area contributed by atoms with Crippen molar-refractivity contribution in [3.63, 3.8) is 0 Å². The first-order valence-corrected chi connectivity index (χ1v) is 9.85.